The zero-order valence-electron chi connectivity index (χ0n) is 17.7. The number of methoxy groups -OCH3 is 1. The molecule has 6 heteroatoms. The summed E-state index contributed by atoms with van der Waals surface area (Å²) in [7, 11) is 1.71. The minimum Gasteiger partial charge on any atom is -0.497 e. The Morgan fingerprint density at radius 2 is 1.90 bits per heavy atom. The van der Waals surface area contributed by atoms with E-state index in [9.17, 15) is 5.11 Å². The third-order valence-electron chi connectivity index (χ3n) is 6.64. The molecular formula is C25H28BrN3O2. The molecule has 2 aliphatic heterocycles. The predicted octanol–water partition coefficient (Wildman–Crippen LogP) is 4.57. The van der Waals surface area contributed by atoms with Gasteiger partial charge in [-0.15, -0.1) is 0 Å². The zero-order chi connectivity index (χ0) is 21.4. The normalized spacial score (nSPS) is 18.2. The van der Waals surface area contributed by atoms with Gasteiger partial charge in [0.1, 0.15) is 5.75 Å². The largest absolute Gasteiger partial charge is 0.497 e. The number of aromatic nitrogens is 1. The van der Waals surface area contributed by atoms with Crippen LogP contribution in [-0.4, -0.2) is 47.4 Å². The molecule has 0 amide bonds. The van der Waals surface area contributed by atoms with Gasteiger partial charge in [0.25, 0.3) is 0 Å². The monoisotopic (exact) mass is 481 g/mol. The lowest BCUT2D eigenvalue weighted by molar-refractivity contribution is 0.0846. The average Bonchev–Trinajstić information content (AvgIpc) is 3.28. The predicted molar refractivity (Wildman–Crippen MR) is 127 cm³/mol. The van der Waals surface area contributed by atoms with E-state index in [1.807, 2.05) is 18.2 Å². The fraction of sp³-hybridized carbons (Fsp3) is 0.360. The van der Waals surface area contributed by atoms with Gasteiger partial charge in [-0.1, -0.05) is 28.1 Å². The Kier molecular flexibility index (Phi) is 5.54. The number of anilines is 1. The molecule has 3 heterocycles. The number of ether oxygens (including phenoxy) is 1. The standard InChI is InChI=1S/C25H28BrN3O2/c1-31-21-8-9-23-22(16-21)27-25(24-3-2-12-29(23)24)10-13-28(14-11-25)17-20(30)15-18-4-6-19(26)7-5-18/h2-9,12,16,20,27,30H,10-11,13-15,17H2,1H3/t20-/m0/s1. The molecule has 0 bridgehead atoms. The molecule has 1 atom stereocenters. The van der Waals surface area contributed by atoms with Crippen LogP contribution in [0.1, 0.15) is 24.1 Å². The molecule has 1 spiro atoms. The SMILES string of the molecule is COc1ccc2c(c1)NC1(CCN(C[C@@H](O)Cc3ccc(Br)cc3)CC1)c1cccn1-2. The number of nitrogens with one attached hydrogen (secondary N) is 1. The van der Waals surface area contributed by atoms with Gasteiger partial charge in [-0.3, -0.25) is 0 Å². The maximum atomic E-state index is 10.7. The first-order valence-corrected chi connectivity index (χ1v) is 11.6. The summed E-state index contributed by atoms with van der Waals surface area (Å²) in [6, 6.07) is 18.8. The second-order valence-electron chi connectivity index (χ2n) is 8.64. The molecule has 31 heavy (non-hydrogen) atoms. The molecule has 1 saturated heterocycles. The number of likely N-dealkylation sites (tertiary alicyclic amines) is 1. The summed E-state index contributed by atoms with van der Waals surface area (Å²) in [6.45, 7) is 2.61. The first-order valence-electron chi connectivity index (χ1n) is 10.9. The van der Waals surface area contributed by atoms with E-state index in [4.69, 9.17) is 4.74 Å². The van der Waals surface area contributed by atoms with Gasteiger partial charge in [-0.25, -0.2) is 0 Å². The number of aliphatic hydroxyl groups is 1. The number of halogens is 1. The summed E-state index contributed by atoms with van der Waals surface area (Å²) in [5, 5.41) is 14.5. The fourth-order valence-electron chi connectivity index (χ4n) is 5.01. The summed E-state index contributed by atoms with van der Waals surface area (Å²) >= 11 is 3.47. The van der Waals surface area contributed by atoms with E-state index >= 15 is 0 Å². The van der Waals surface area contributed by atoms with Gasteiger partial charge in [-0.2, -0.15) is 0 Å². The summed E-state index contributed by atoms with van der Waals surface area (Å²) in [6.07, 6.45) is 4.47. The smallest absolute Gasteiger partial charge is 0.121 e. The van der Waals surface area contributed by atoms with Gasteiger partial charge in [-0.05, 0) is 61.2 Å². The highest BCUT2D eigenvalue weighted by atomic mass is 79.9. The van der Waals surface area contributed by atoms with Crippen molar-refractivity contribution in [1.29, 1.82) is 0 Å². The second-order valence-corrected chi connectivity index (χ2v) is 9.55. The Bertz CT molecular complexity index is 1050. The van der Waals surface area contributed by atoms with Crippen LogP contribution in [0.4, 0.5) is 5.69 Å². The van der Waals surface area contributed by atoms with Gasteiger partial charge < -0.3 is 24.6 Å². The number of β-amino-alcohol motifs (C(OH)–C–C–N with tert-alkyl or cyclic N) is 1. The van der Waals surface area contributed by atoms with E-state index < -0.39 is 0 Å². The summed E-state index contributed by atoms with van der Waals surface area (Å²) in [4.78, 5) is 2.39. The Morgan fingerprint density at radius 3 is 2.65 bits per heavy atom. The van der Waals surface area contributed by atoms with Crippen molar-refractivity contribution < 1.29 is 9.84 Å². The molecule has 3 aromatic rings. The van der Waals surface area contributed by atoms with Gasteiger partial charge in [0.15, 0.2) is 0 Å². The van der Waals surface area contributed by atoms with E-state index in [0.29, 0.717) is 13.0 Å². The van der Waals surface area contributed by atoms with Gasteiger partial charge in [0.05, 0.1) is 30.1 Å². The van der Waals surface area contributed by atoms with Crippen molar-refractivity contribution in [3.8, 4) is 11.4 Å². The van der Waals surface area contributed by atoms with Gasteiger partial charge in [0, 0.05) is 42.1 Å². The molecule has 2 aliphatic rings. The Balaban J connectivity index is 1.27. The second kappa shape index (κ2) is 8.34. The summed E-state index contributed by atoms with van der Waals surface area (Å²) in [5.74, 6) is 0.866. The number of benzene rings is 2. The van der Waals surface area contributed by atoms with Crippen molar-refractivity contribution in [3.63, 3.8) is 0 Å². The maximum absolute atomic E-state index is 10.7. The molecule has 2 aromatic carbocycles. The van der Waals surface area contributed by atoms with Crippen LogP contribution in [-0.2, 0) is 12.0 Å². The highest BCUT2D eigenvalue weighted by Crippen LogP contribution is 2.44. The van der Waals surface area contributed by atoms with E-state index in [2.05, 4.69) is 73.3 Å². The summed E-state index contributed by atoms with van der Waals surface area (Å²) < 4.78 is 8.83. The minimum atomic E-state index is -0.358. The number of hydrogen-bond donors (Lipinski definition) is 2. The molecule has 162 valence electrons. The molecule has 5 nitrogen and oxygen atoms in total. The Morgan fingerprint density at radius 1 is 1.13 bits per heavy atom. The third kappa shape index (κ3) is 4.00. The van der Waals surface area contributed by atoms with Gasteiger partial charge >= 0.3 is 0 Å². The van der Waals surface area contributed by atoms with Crippen LogP contribution in [0.25, 0.3) is 5.69 Å². The number of fused-ring (bicyclic) bond motifs is 4. The maximum Gasteiger partial charge on any atom is 0.121 e. The van der Waals surface area contributed by atoms with Crippen molar-refractivity contribution in [2.75, 3.05) is 32.1 Å². The molecule has 2 N–H and O–H groups in total. The highest BCUT2D eigenvalue weighted by molar-refractivity contribution is 9.10. The van der Waals surface area contributed by atoms with Crippen LogP contribution in [0, 0.1) is 0 Å². The fourth-order valence-corrected chi connectivity index (χ4v) is 5.27. The van der Waals surface area contributed by atoms with E-state index in [1.165, 1.54) is 16.9 Å². The van der Waals surface area contributed by atoms with Crippen LogP contribution < -0.4 is 10.1 Å². The van der Waals surface area contributed by atoms with Crippen molar-refractivity contribution >= 4 is 21.6 Å². The van der Waals surface area contributed by atoms with Crippen molar-refractivity contribution in [1.82, 2.24) is 9.47 Å². The van der Waals surface area contributed by atoms with Crippen molar-refractivity contribution in [2.24, 2.45) is 0 Å². The molecule has 0 unspecified atom stereocenters. The first-order chi connectivity index (χ1) is 15.1. The van der Waals surface area contributed by atoms with Crippen LogP contribution in [0.3, 0.4) is 0 Å². The molecule has 1 aromatic heterocycles. The van der Waals surface area contributed by atoms with Gasteiger partial charge in [0.2, 0.25) is 0 Å². The molecule has 5 rings (SSSR count). The Hall–Kier alpha value is -2.28. The number of hydrogen-bond acceptors (Lipinski definition) is 4. The minimum absolute atomic E-state index is 0.0873. The third-order valence-corrected chi connectivity index (χ3v) is 7.17. The van der Waals surface area contributed by atoms with E-state index in [1.54, 1.807) is 7.11 Å². The molecule has 0 aliphatic carbocycles. The molecular weight excluding hydrogens is 454 g/mol. The lowest BCUT2D eigenvalue weighted by Crippen LogP contribution is -2.51. The van der Waals surface area contributed by atoms with Crippen LogP contribution >= 0.6 is 15.9 Å². The van der Waals surface area contributed by atoms with Crippen molar-refractivity contribution in [3.05, 3.63) is 76.5 Å². The van der Waals surface area contributed by atoms with Crippen LogP contribution in [0.15, 0.2) is 65.3 Å². The number of rotatable bonds is 5. The van der Waals surface area contributed by atoms with Crippen LogP contribution in [0.5, 0.6) is 5.75 Å². The van der Waals surface area contributed by atoms with E-state index in [-0.39, 0.29) is 11.6 Å². The molecule has 0 radical (unpaired) electrons. The topological polar surface area (TPSA) is 49.7 Å². The quantitative estimate of drug-likeness (QED) is 0.560. The first kappa shape index (κ1) is 20.6. The number of aliphatic hydroxyl groups excluding tert-OH is 1. The molecule has 0 saturated carbocycles. The summed E-state index contributed by atoms with van der Waals surface area (Å²) in [5.41, 5.74) is 4.68. The van der Waals surface area contributed by atoms with E-state index in [0.717, 1.165) is 41.8 Å². The van der Waals surface area contributed by atoms with Crippen LogP contribution in [0.2, 0.25) is 0 Å². The van der Waals surface area contributed by atoms with Crippen molar-refractivity contribution in [2.45, 2.75) is 30.9 Å². The lowest BCUT2D eigenvalue weighted by atomic mass is 9.82. The number of piperidine rings is 1. The molecule has 1 fully saturated rings. The average molecular weight is 482 g/mol. The number of nitrogens with zero attached hydrogens (tertiary/aromatic N) is 2. The highest BCUT2D eigenvalue weighted by Gasteiger charge is 2.41. The lowest BCUT2D eigenvalue weighted by Gasteiger charge is -2.46. The zero-order valence-corrected chi connectivity index (χ0v) is 19.3. The Labute approximate surface area is 191 Å².